The third-order valence-electron chi connectivity index (χ3n) is 6.93. The van der Waals surface area contributed by atoms with Gasteiger partial charge in [0.2, 0.25) is 11.8 Å². The number of pyridine rings is 1. The lowest BCUT2D eigenvalue weighted by atomic mass is 10.0. The topological polar surface area (TPSA) is 80.1 Å². The molecule has 11 heteroatoms. The summed E-state index contributed by atoms with van der Waals surface area (Å²) in [4.78, 5) is 33.6. The minimum absolute atomic E-state index is 0.0265. The normalized spacial score (nSPS) is 14.9. The van der Waals surface area contributed by atoms with Gasteiger partial charge in [0.15, 0.2) is 0 Å². The Morgan fingerprint density at radius 1 is 1.07 bits per heavy atom. The van der Waals surface area contributed by atoms with Gasteiger partial charge in [0.05, 0.1) is 33.8 Å². The molecule has 4 heterocycles. The van der Waals surface area contributed by atoms with E-state index in [0.717, 1.165) is 16.5 Å². The van der Waals surface area contributed by atoms with E-state index in [-0.39, 0.29) is 36.2 Å². The molecule has 42 heavy (non-hydrogen) atoms. The molecule has 0 saturated carbocycles. The zero-order valence-corrected chi connectivity index (χ0v) is 24.1. The van der Waals surface area contributed by atoms with Crippen molar-refractivity contribution in [2.45, 2.75) is 18.7 Å². The van der Waals surface area contributed by atoms with Crippen molar-refractivity contribution in [3.8, 4) is 16.3 Å². The number of hydrogen-bond acceptors (Lipinski definition) is 6. The van der Waals surface area contributed by atoms with Gasteiger partial charge in [0, 0.05) is 23.4 Å². The molecule has 2 aromatic carbocycles. The maximum atomic E-state index is 15.3. The second kappa shape index (κ2) is 11.9. The molecule has 7 nitrogen and oxygen atoms in total. The van der Waals surface area contributed by atoms with Gasteiger partial charge in [0.25, 0.3) is 0 Å². The fourth-order valence-corrected chi connectivity index (χ4v) is 6.88. The van der Waals surface area contributed by atoms with E-state index >= 15 is 4.39 Å². The van der Waals surface area contributed by atoms with Crippen molar-refractivity contribution in [1.29, 1.82) is 0 Å². The molecular weight excluding hydrogens is 577 g/mol. The Morgan fingerprint density at radius 2 is 1.90 bits per heavy atom. The molecule has 0 fully saturated rings. The quantitative estimate of drug-likeness (QED) is 0.245. The van der Waals surface area contributed by atoms with Gasteiger partial charge in [-0.15, -0.1) is 23.1 Å². The van der Waals surface area contributed by atoms with Crippen LogP contribution in [0.2, 0.25) is 0 Å². The SMILES string of the molecule is Cc1ccccc1-n1nc(-c2cccs2)c2c1N(CC(=O)NCc1ccccn1)C(=O)CS[C@@H]2c1ccc(F)cc1F. The first-order chi connectivity index (χ1) is 20.4. The fraction of sp³-hybridized carbons (Fsp3) is 0.161. The van der Waals surface area contributed by atoms with E-state index < -0.39 is 16.9 Å². The zero-order valence-electron chi connectivity index (χ0n) is 22.5. The minimum Gasteiger partial charge on any atom is -0.349 e. The molecule has 0 unspecified atom stereocenters. The highest BCUT2D eigenvalue weighted by Crippen LogP contribution is 2.49. The Kier molecular flexibility index (Phi) is 7.86. The van der Waals surface area contributed by atoms with E-state index in [1.807, 2.05) is 54.8 Å². The van der Waals surface area contributed by atoms with Crippen molar-refractivity contribution in [3.63, 3.8) is 0 Å². The molecule has 0 bridgehead atoms. The number of thiophene rings is 1. The van der Waals surface area contributed by atoms with Crippen LogP contribution >= 0.6 is 23.1 Å². The number of hydrogen-bond donors (Lipinski definition) is 1. The van der Waals surface area contributed by atoms with Crippen LogP contribution in [0, 0.1) is 18.6 Å². The van der Waals surface area contributed by atoms with E-state index in [1.165, 1.54) is 40.1 Å². The molecule has 1 atom stereocenters. The van der Waals surface area contributed by atoms with E-state index in [0.29, 0.717) is 28.5 Å². The Morgan fingerprint density at radius 3 is 2.64 bits per heavy atom. The van der Waals surface area contributed by atoms with Gasteiger partial charge in [0.1, 0.15) is 29.7 Å². The number of thioether (sulfide) groups is 1. The number of para-hydroxylation sites is 1. The van der Waals surface area contributed by atoms with Crippen LogP contribution in [-0.2, 0) is 16.1 Å². The number of benzene rings is 2. The number of anilines is 1. The highest BCUT2D eigenvalue weighted by atomic mass is 32.2. The van der Waals surface area contributed by atoms with Crippen molar-refractivity contribution in [3.05, 3.63) is 118 Å². The standard InChI is InChI=1S/C31H25F2N5O2S2/c1-19-7-2-3-9-24(19)38-31-28(29(36-38)25-10-6-14-41-25)30(22-12-11-20(32)15-23(22)33)42-18-27(40)37(31)17-26(39)35-16-21-8-4-5-13-34-21/h2-15,30H,16-18H2,1H3,(H,35,39)/t30-/m1/s1. The molecule has 5 aromatic rings. The van der Waals surface area contributed by atoms with Crippen molar-refractivity contribution >= 4 is 40.7 Å². The summed E-state index contributed by atoms with van der Waals surface area (Å²) in [5.74, 6) is -1.76. The van der Waals surface area contributed by atoms with Gasteiger partial charge in [-0.2, -0.15) is 5.10 Å². The molecule has 2 amide bonds. The molecule has 0 spiro atoms. The van der Waals surface area contributed by atoms with Crippen LogP contribution in [0.25, 0.3) is 16.3 Å². The first-order valence-electron chi connectivity index (χ1n) is 13.2. The molecule has 0 radical (unpaired) electrons. The Labute approximate surface area is 249 Å². The molecule has 3 aromatic heterocycles. The summed E-state index contributed by atoms with van der Waals surface area (Å²) in [5, 5.41) is 9.07. The summed E-state index contributed by atoms with van der Waals surface area (Å²) in [6.07, 6.45) is 1.64. The fourth-order valence-electron chi connectivity index (χ4n) is 4.93. The Hall–Kier alpha value is -4.35. The summed E-state index contributed by atoms with van der Waals surface area (Å²) in [5.41, 5.74) is 3.68. The van der Waals surface area contributed by atoms with Gasteiger partial charge in [-0.25, -0.2) is 13.5 Å². The minimum atomic E-state index is -0.715. The van der Waals surface area contributed by atoms with Crippen LogP contribution in [0.1, 0.15) is 27.6 Å². The summed E-state index contributed by atoms with van der Waals surface area (Å²) in [6, 6.07) is 20.3. The number of halogens is 2. The summed E-state index contributed by atoms with van der Waals surface area (Å²) >= 11 is 2.69. The van der Waals surface area contributed by atoms with Crippen molar-refractivity contribution < 1.29 is 18.4 Å². The number of carbonyl (C=O) groups is 2. The maximum absolute atomic E-state index is 15.3. The van der Waals surface area contributed by atoms with E-state index in [9.17, 15) is 14.0 Å². The van der Waals surface area contributed by atoms with E-state index in [1.54, 1.807) is 23.0 Å². The summed E-state index contributed by atoms with van der Waals surface area (Å²) < 4.78 is 31.0. The number of carbonyl (C=O) groups excluding carboxylic acids is 2. The number of nitrogens with one attached hydrogen (secondary N) is 1. The third kappa shape index (κ3) is 5.45. The lowest BCUT2D eigenvalue weighted by Crippen LogP contribution is -2.42. The van der Waals surface area contributed by atoms with Gasteiger partial charge >= 0.3 is 0 Å². The van der Waals surface area contributed by atoms with Gasteiger partial charge < -0.3 is 5.32 Å². The van der Waals surface area contributed by atoms with Crippen LogP contribution in [-0.4, -0.2) is 38.9 Å². The third-order valence-corrected chi connectivity index (χ3v) is 9.04. The molecular formula is C31H25F2N5O2S2. The number of fused-ring (bicyclic) bond motifs is 1. The monoisotopic (exact) mass is 601 g/mol. The van der Waals surface area contributed by atoms with Gasteiger partial charge in [-0.1, -0.05) is 36.4 Å². The predicted octanol–water partition coefficient (Wildman–Crippen LogP) is 6.07. The van der Waals surface area contributed by atoms with Crippen LogP contribution in [0.3, 0.4) is 0 Å². The van der Waals surface area contributed by atoms with E-state index in [2.05, 4.69) is 10.3 Å². The smallest absolute Gasteiger partial charge is 0.240 e. The molecule has 1 N–H and O–H groups in total. The van der Waals surface area contributed by atoms with Crippen molar-refractivity contribution in [2.24, 2.45) is 0 Å². The lowest BCUT2D eigenvalue weighted by Gasteiger charge is -2.23. The molecule has 6 rings (SSSR count). The highest BCUT2D eigenvalue weighted by molar-refractivity contribution is 8.00. The maximum Gasteiger partial charge on any atom is 0.240 e. The predicted molar refractivity (Wildman–Crippen MR) is 161 cm³/mol. The Bertz CT molecular complexity index is 1760. The molecule has 1 aliphatic rings. The Balaban J connectivity index is 1.53. The molecule has 0 saturated heterocycles. The van der Waals surface area contributed by atoms with Crippen LogP contribution < -0.4 is 10.2 Å². The average molecular weight is 602 g/mol. The molecule has 1 aliphatic heterocycles. The van der Waals surface area contributed by atoms with E-state index in [4.69, 9.17) is 5.10 Å². The molecule has 0 aliphatic carbocycles. The van der Waals surface area contributed by atoms with Crippen LogP contribution in [0.5, 0.6) is 0 Å². The first-order valence-corrected chi connectivity index (χ1v) is 15.1. The van der Waals surface area contributed by atoms with Crippen LogP contribution in [0.15, 0.2) is 84.4 Å². The first kappa shape index (κ1) is 27.8. The molecule has 212 valence electrons. The summed E-state index contributed by atoms with van der Waals surface area (Å²) in [6.45, 7) is 1.85. The number of nitrogens with zero attached hydrogens (tertiary/aromatic N) is 4. The lowest BCUT2D eigenvalue weighted by molar-refractivity contribution is -0.123. The van der Waals surface area contributed by atoms with Gasteiger partial charge in [-0.3, -0.25) is 19.5 Å². The van der Waals surface area contributed by atoms with Crippen molar-refractivity contribution in [1.82, 2.24) is 20.1 Å². The van der Waals surface area contributed by atoms with Crippen molar-refractivity contribution in [2.75, 3.05) is 17.2 Å². The largest absolute Gasteiger partial charge is 0.349 e. The van der Waals surface area contributed by atoms with Gasteiger partial charge in [-0.05, 0) is 48.2 Å². The second-order valence-electron chi connectivity index (χ2n) is 9.70. The highest BCUT2D eigenvalue weighted by Gasteiger charge is 2.39. The number of amides is 2. The number of aromatic nitrogens is 3. The zero-order chi connectivity index (χ0) is 29.2. The second-order valence-corrected chi connectivity index (χ2v) is 11.7. The number of rotatable bonds is 7. The summed E-state index contributed by atoms with van der Waals surface area (Å²) in [7, 11) is 0. The number of aryl methyl sites for hydroxylation is 1. The average Bonchev–Trinajstić information content (AvgIpc) is 3.63. The van der Waals surface area contributed by atoms with Crippen LogP contribution in [0.4, 0.5) is 14.6 Å².